The summed E-state index contributed by atoms with van der Waals surface area (Å²) in [5.41, 5.74) is 1.27. The highest BCUT2D eigenvalue weighted by Crippen LogP contribution is 2.20. The molecule has 1 aromatic carbocycles. The second kappa shape index (κ2) is 5.46. The first-order chi connectivity index (χ1) is 8.15. The van der Waals surface area contributed by atoms with Crippen LogP contribution in [0.3, 0.4) is 0 Å². The molecular weight excluding hydrogens is 352 g/mol. The average molecular weight is 360 g/mol. The molecule has 1 amide bonds. The number of hydrogen-bond donors (Lipinski definition) is 1. The van der Waals surface area contributed by atoms with Crippen molar-refractivity contribution >= 4 is 37.8 Å². The number of hydrogen-bond acceptors (Lipinski definition) is 3. The van der Waals surface area contributed by atoms with Gasteiger partial charge in [0.1, 0.15) is 12.0 Å². The van der Waals surface area contributed by atoms with Crippen LogP contribution in [0.15, 0.2) is 44.0 Å². The highest BCUT2D eigenvalue weighted by molar-refractivity contribution is 9.11. The van der Waals surface area contributed by atoms with E-state index in [1.807, 2.05) is 6.07 Å². The maximum atomic E-state index is 11.8. The van der Waals surface area contributed by atoms with E-state index in [2.05, 4.69) is 46.9 Å². The van der Waals surface area contributed by atoms with E-state index in [0.717, 1.165) is 8.95 Å². The van der Waals surface area contributed by atoms with Gasteiger partial charge in [-0.1, -0.05) is 37.0 Å². The van der Waals surface area contributed by atoms with Gasteiger partial charge in [0.25, 0.3) is 5.91 Å². The molecule has 4 nitrogen and oxygen atoms in total. The molecule has 0 radical (unpaired) electrons. The molecule has 0 saturated carbocycles. The zero-order chi connectivity index (χ0) is 12.3. The number of carbonyl (C=O) groups excluding carboxylic acids is 1. The van der Waals surface area contributed by atoms with Gasteiger partial charge in [0, 0.05) is 20.6 Å². The van der Waals surface area contributed by atoms with Gasteiger partial charge in [-0.15, -0.1) is 0 Å². The number of carbonyl (C=O) groups is 1. The van der Waals surface area contributed by atoms with E-state index in [1.165, 1.54) is 6.26 Å². The van der Waals surface area contributed by atoms with Gasteiger partial charge in [0.15, 0.2) is 0 Å². The molecule has 6 heteroatoms. The second-order valence-electron chi connectivity index (χ2n) is 3.33. The normalized spacial score (nSPS) is 10.2. The van der Waals surface area contributed by atoms with E-state index in [9.17, 15) is 4.79 Å². The van der Waals surface area contributed by atoms with E-state index >= 15 is 0 Å². The van der Waals surface area contributed by atoms with Crippen LogP contribution in [0.4, 0.5) is 0 Å². The molecule has 0 saturated heterocycles. The van der Waals surface area contributed by atoms with Crippen LogP contribution in [-0.2, 0) is 6.54 Å². The summed E-state index contributed by atoms with van der Waals surface area (Å²) < 4.78 is 6.37. The Morgan fingerprint density at radius 3 is 2.59 bits per heavy atom. The van der Waals surface area contributed by atoms with Crippen LogP contribution in [0.5, 0.6) is 0 Å². The molecule has 2 aromatic rings. The van der Waals surface area contributed by atoms with Crippen LogP contribution in [-0.4, -0.2) is 11.1 Å². The Hall–Kier alpha value is -1.14. The van der Waals surface area contributed by atoms with Gasteiger partial charge in [0.05, 0.1) is 6.54 Å². The predicted octanol–water partition coefficient (Wildman–Crippen LogP) is 3.13. The number of nitrogens with zero attached hydrogens (tertiary/aromatic N) is 1. The van der Waals surface area contributed by atoms with Crippen LogP contribution < -0.4 is 5.32 Å². The number of rotatable bonds is 3. The first-order valence-corrected chi connectivity index (χ1v) is 6.37. The van der Waals surface area contributed by atoms with Gasteiger partial charge in [-0.25, -0.2) is 0 Å². The van der Waals surface area contributed by atoms with Crippen molar-refractivity contribution in [2.75, 3.05) is 0 Å². The van der Waals surface area contributed by atoms with Crippen LogP contribution >= 0.6 is 31.9 Å². The fourth-order valence-corrected chi connectivity index (χ4v) is 2.58. The molecule has 1 heterocycles. The van der Waals surface area contributed by atoms with Gasteiger partial charge in [-0.05, 0) is 18.2 Å². The quantitative estimate of drug-likeness (QED) is 0.915. The van der Waals surface area contributed by atoms with Crippen molar-refractivity contribution in [3.8, 4) is 0 Å². The Bertz CT molecular complexity index is 506. The molecular formula is C11H8Br2N2O2. The van der Waals surface area contributed by atoms with Crippen molar-refractivity contribution < 1.29 is 9.32 Å². The highest BCUT2D eigenvalue weighted by atomic mass is 79.9. The van der Waals surface area contributed by atoms with Crippen molar-refractivity contribution in [1.29, 1.82) is 0 Å². The summed E-state index contributed by atoms with van der Waals surface area (Å²) in [6, 6.07) is 7.08. The smallest absolute Gasteiger partial charge is 0.251 e. The van der Waals surface area contributed by atoms with Crippen molar-refractivity contribution in [2.45, 2.75) is 6.54 Å². The molecule has 0 atom stereocenters. The van der Waals surface area contributed by atoms with Gasteiger partial charge >= 0.3 is 0 Å². The summed E-state index contributed by atoms with van der Waals surface area (Å²) in [7, 11) is 0. The van der Waals surface area contributed by atoms with Gasteiger partial charge in [0.2, 0.25) is 0 Å². The van der Waals surface area contributed by atoms with E-state index in [0.29, 0.717) is 17.8 Å². The minimum Gasteiger partial charge on any atom is -0.364 e. The Morgan fingerprint density at radius 1 is 1.29 bits per heavy atom. The maximum Gasteiger partial charge on any atom is 0.251 e. The predicted molar refractivity (Wildman–Crippen MR) is 69.5 cm³/mol. The molecule has 0 bridgehead atoms. The highest BCUT2D eigenvalue weighted by Gasteiger charge is 2.08. The fraction of sp³-hybridized carbons (Fsp3) is 0.0909. The third-order valence-electron chi connectivity index (χ3n) is 2.05. The lowest BCUT2D eigenvalue weighted by Gasteiger charge is -2.04. The van der Waals surface area contributed by atoms with Gasteiger partial charge < -0.3 is 9.84 Å². The van der Waals surface area contributed by atoms with Crippen LogP contribution in [0.2, 0.25) is 0 Å². The Balaban J connectivity index is 2.04. The Kier molecular flexibility index (Phi) is 3.96. The van der Waals surface area contributed by atoms with Crippen molar-refractivity contribution in [2.24, 2.45) is 0 Å². The zero-order valence-corrected chi connectivity index (χ0v) is 11.8. The van der Waals surface area contributed by atoms with E-state index < -0.39 is 0 Å². The van der Waals surface area contributed by atoms with E-state index in [-0.39, 0.29) is 5.91 Å². The zero-order valence-electron chi connectivity index (χ0n) is 8.61. The monoisotopic (exact) mass is 358 g/mol. The van der Waals surface area contributed by atoms with Crippen molar-refractivity contribution in [1.82, 2.24) is 10.5 Å². The molecule has 2 rings (SSSR count). The number of nitrogens with one attached hydrogen (secondary N) is 1. The maximum absolute atomic E-state index is 11.8. The third-order valence-corrected chi connectivity index (χ3v) is 2.96. The van der Waals surface area contributed by atoms with Crippen LogP contribution in [0.1, 0.15) is 16.1 Å². The molecule has 0 aliphatic heterocycles. The Labute approximate surface area is 115 Å². The molecule has 88 valence electrons. The number of amides is 1. The SMILES string of the molecule is O=C(NCc1ccon1)c1cc(Br)cc(Br)c1. The summed E-state index contributed by atoms with van der Waals surface area (Å²) in [6.07, 6.45) is 1.47. The summed E-state index contributed by atoms with van der Waals surface area (Å²) >= 11 is 6.67. The molecule has 1 N–H and O–H groups in total. The van der Waals surface area contributed by atoms with Crippen LogP contribution in [0, 0.1) is 0 Å². The lowest BCUT2D eigenvalue weighted by molar-refractivity contribution is 0.0950. The largest absolute Gasteiger partial charge is 0.364 e. The van der Waals surface area contributed by atoms with Gasteiger partial charge in [-0.2, -0.15) is 0 Å². The molecule has 0 unspecified atom stereocenters. The van der Waals surface area contributed by atoms with E-state index in [1.54, 1.807) is 18.2 Å². The van der Waals surface area contributed by atoms with Gasteiger partial charge in [-0.3, -0.25) is 4.79 Å². The summed E-state index contributed by atoms with van der Waals surface area (Å²) in [5, 5.41) is 6.46. The first kappa shape index (κ1) is 12.3. The van der Waals surface area contributed by atoms with E-state index in [4.69, 9.17) is 0 Å². The molecule has 17 heavy (non-hydrogen) atoms. The minimum absolute atomic E-state index is 0.157. The summed E-state index contributed by atoms with van der Waals surface area (Å²) in [6.45, 7) is 0.347. The third kappa shape index (κ3) is 3.41. The van der Waals surface area contributed by atoms with Crippen molar-refractivity contribution in [3.05, 3.63) is 50.7 Å². The summed E-state index contributed by atoms with van der Waals surface area (Å²) in [4.78, 5) is 11.8. The topological polar surface area (TPSA) is 55.1 Å². The standard InChI is InChI=1S/C11H8Br2N2O2/c12-8-3-7(4-9(13)5-8)11(16)14-6-10-1-2-17-15-10/h1-5H,6H2,(H,14,16). The lowest BCUT2D eigenvalue weighted by atomic mass is 10.2. The average Bonchev–Trinajstić information content (AvgIpc) is 2.77. The fourth-order valence-electron chi connectivity index (χ4n) is 1.29. The molecule has 0 spiro atoms. The van der Waals surface area contributed by atoms with Crippen molar-refractivity contribution in [3.63, 3.8) is 0 Å². The molecule has 0 fully saturated rings. The molecule has 0 aliphatic rings. The van der Waals surface area contributed by atoms with Crippen LogP contribution in [0.25, 0.3) is 0 Å². The first-order valence-electron chi connectivity index (χ1n) is 4.79. The molecule has 1 aromatic heterocycles. The molecule has 0 aliphatic carbocycles. The number of benzene rings is 1. The minimum atomic E-state index is -0.157. The number of aromatic nitrogens is 1. The number of halogens is 2. The summed E-state index contributed by atoms with van der Waals surface area (Å²) in [5.74, 6) is -0.157. The lowest BCUT2D eigenvalue weighted by Crippen LogP contribution is -2.22. The Morgan fingerprint density at radius 2 is 2.00 bits per heavy atom. The second-order valence-corrected chi connectivity index (χ2v) is 5.16.